The van der Waals surface area contributed by atoms with E-state index in [0.717, 1.165) is 32.5 Å². The molecule has 0 aliphatic heterocycles. The lowest BCUT2D eigenvalue weighted by atomic mass is 10.1. The molecule has 0 spiro atoms. The molecular weight excluding hydrogens is 392 g/mol. The molecular formula is C21H15BrN2O2. The van der Waals surface area contributed by atoms with Crippen molar-refractivity contribution in [1.29, 1.82) is 0 Å². The number of aromatic nitrogens is 2. The van der Waals surface area contributed by atoms with Gasteiger partial charge >= 0.3 is 5.97 Å². The van der Waals surface area contributed by atoms with E-state index in [2.05, 4.69) is 15.9 Å². The Morgan fingerprint density at radius 3 is 2.42 bits per heavy atom. The van der Waals surface area contributed by atoms with Crippen LogP contribution in [0.5, 0.6) is 0 Å². The van der Waals surface area contributed by atoms with Crippen LogP contribution in [0.15, 0.2) is 77.5 Å². The zero-order valence-electron chi connectivity index (χ0n) is 14.0. The number of hydrogen-bond donors (Lipinski definition) is 0. The summed E-state index contributed by atoms with van der Waals surface area (Å²) in [5, 5.41) is 0. The number of nitrogens with zero attached hydrogens (tertiary/aromatic N) is 2. The van der Waals surface area contributed by atoms with E-state index in [1.807, 2.05) is 65.3 Å². The Hall–Kier alpha value is -2.92. The maximum atomic E-state index is 11.6. The van der Waals surface area contributed by atoms with Crippen molar-refractivity contribution in [3.8, 4) is 22.4 Å². The summed E-state index contributed by atoms with van der Waals surface area (Å²) in [6.45, 7) is 0. The van der Waals surface area contributed by atoms with Crippen LogP contribution < -0.4 is 0 Å². The van der Waals surface area contributed by atoms with Gasteiger partial charge in [0.25, 0.3) is 0 Å². The number of hydrogen-bond acceptors (Lipinski definition) is 3. The summed E-state index contributed by atoms with van der Waals surface area (Å²) < 4.78 is 7.72. The average molecular weight is 407 g/mol. The fourth-order valence-electron chi connectivity index (χ4n) is 2.93. The van der Waals surface area contributed by atoms with Crippen molar-refractivity contribution in [2.24, 2.45) is 0 Å². The van der Waals surface area contributed by atoms with Gasteiger partial charge in [0, 0.05) is 28.0 Å². The molecule has 0 aliphatic carbocycles. The minimum atomic E-state index is -0.344. The lowest BCUT2D eigenvalue weighted by Gasteiger charge is -2.06. The van der Waals surface area contributed by atoms with Gasteiger partial charge in [-0.1, -0.05) is 42.5 Å². The highest BCUT2D eigenvalue weighted by atomic mass is 79.9. The minimum absolute atomic E-state index is 0.344. The molecule has 2 aromatic carbocycles. The number of carbonyl (C=O) groups is 1. The first-order valence-corrected chi connectivity index (χ1v) is 8.87. The molecule has 0 fully saturated rings. The van der Waals surface area contributed by atoms with Crippen LogP contribution in [0.25, 0.3) is 28.0 Å². The Bertz CT molecular complexity index is 1090. The van der Waals surface area contributed by atoms with Gasteiger partial charge in [-0.25, -0.2) is 9.78 Å². The summed E-state index contributed by atoms with van der Waals surface area (Å²) >= 11 is 3.57. The van der Waals surface area contributed by atoms with Gasteiger partial charge in [0.2, 0.25) is 0 Å². The second-order valence-electron chi connectivity index (χ2n) is 5.86. The third-order valence-electron chi connectivity index (χ3n) is 4.20. The van der Waals surface area contributed by atoms with Crippen LogP contribution in [0.1, 0.15) is 10.4 Å². The molecule has 128 valence electrons. The smallest absolute Gasteiger partial charge is 0.337 e. The van der Waals surface area contributed by atoms with E-state index in [0.29, 0.717) is 5.56 Å². The number of ether oxygens (including phenoxy) is 1. The van der Waals surface area contributed by atoms with Crippen LogP contribution in [0, 0.1) is 0 Å². The number of esters is 1. The SMILES string of the molecule is COC(=O)c1ccc(-c2cc(Br)cn3cc(-c4ccccc4)nc23)cc1. The summed E-state index contributed by atoms with van der Waals surface area (Å²) in [7, 11) is 1.38. The molecule has 0 bridgehead atoms. The topological polar surface area (TPSA) is 43.6 Å². The maximum Gasteiger partial charge on any atom is 0.337 e. The Morgan fingerprint density at radius 1 is 1.00 bits per heavy atom. The molecule has 2 heterocycles. The number of methoxy groups -OCH3 is 1. The van der Waals surface area contributed by atoms with E-state index >= 15 is 0 Å². The highest BCUT2D eigenvalue weighted by molar-refractivity contribution is 9.10. The normalized spacial score (nSPS) is 10.8. The third kappa shape index (κ3) is 3.02. The Labute approximate surface area is 159 Å². The summed E-state index contributed by atoms with van der Waals surface area (Å²) in [6.07, 6.45) is 4.00. The van der Waals surface area contributed by atoms with Gasteiger partial charge in [0.05, 0.1) is 18.4 Å². The van der Waals surface area contributed by atoms with Crippen molar-refractivity contribution in [2.75, 3.05) is 7.11 Å². The monoisotopic (exact) mass is 406 g/mol. The Morgan fingerprint density at radius 2 is 1.73 bits per heavy atom. The van der Waals surface area contributed by atoms with E-state index in [-0.39, 0.29) is 5.97 Å². The van der Waals surface area contributed by atoms with Crippen molar-refractivity contribution in [1.82, 2.24) is 9.38 Å². The quantitative estimate of drug-likeness (QED) is 0.438. The van der Waals surface area contributed by atoms with Crippen LogP contribution in [-0.4, -0.2) is 22.5 Å². The second-order valence-corrected chi connectivity index (χ2v) is 6.78. The largest absolute Gasteiger partial charge is 0.465 e. The predicted octanol–water partition coefficient (Wildman–Crippen LogP) is 5.22. The summed E-state index contributed by atoms with van der Waals surface area (Å²) in [6, 6.07) is 19.5. The molecule has 0 atom stereocenters. The van der Waals surface area contributed by atoms with Crippen LogP contribution in [0.4, 0.5) is 0 Å². The van der Waals surface area contributed by atoms with E-state index in [1.54, 1.807) is 12.1 Å². The molecule has 5 heteroatoms. The lowest BCUT2D eigenvalue weighted by molar-refractivity contribution is 0.0601. The number of rotatable bonds is 3. The molecule has 4 nitrogen and oxygen atoms in total. The first-order chi connectivity index (χ1) is 12.7. The fraction of sp³-hybridized carbons (Fsp3) is 0.0476. The fourth-order valence-corrected chi connectivity index (χ4v) is 3.38. The second kappa shape index (κ2) is 6.77. The van der Waals surface area contributed by atoms with Crippen molar-refractivity contribution >= 4 is 27.5 Å². The van der Waals surface area contributed by atoms with Crippen molar-refractivity contribution in [2.45, 2.75) is 0 Å². The number of benzene rings is 2. The van der Waals surface area contributed by atoms with Crippen LogP contribution >= 0.6 is 15.9 Å². The number of carbonyl (C=O) groups excluding carboxylic acids is 1. The van der Waals surface area contributed by atoms with Gasteiger partial charge < -0.3 is 9.14 Å². The van der Waals surface area contributed by atoms with Crippen LogP contribution in [0.3, 0.4) is 0 Å². The standard InChI is InChI=1S/C21H15BrN2O2/c1-26-21(25)16-9-7-14(8-10-16)18-11-17(22)12-24-13-19(23-20(18)24)15-5-3-2-4-6-15/h2-13H,1H3. The molecule has 0 radical (unpaired) electrons. The van der Waals surface area contributed by atoms with Crippen molar-refractivity contribution in [3.63, 3.8) is 0 Å². The van der Waals surface area contributed by atoms with Gasteiger partial charge in [-0.3, -0.25) is 0 Å². The van der Waals surface area contributed by atoms with Gasteiger partial charge in [0.15, 0.2) is 0 Å². The first-order valence-electron chi connectivity index (χ1n) is 8.08. The molecule has 0 unspecified atom stereocenters. The van der Waals surface area contributed by atoms with Gasteiger partial charge in [-0.15, -0.1) is 0 Å². The maximum absolute atomic E-state index is 11.6. The van der Waals surface area contributed by atoms with Crippen LogP contribution in [0.2, 0.25) is 0 Å². The molecule has 26 heavy (non-hydrogen) atoms. The summed E-state index contributed by atoms with van der Waals surface area (Å²) in [4.78, 5) is 16.5. The average Bonchev–Trinajstić information content (AvgIpc) is 3.11. The predicted molar refractivity (Wildman–Crippen MR) is 105 cm³/mol. The zero-order valence-corrected chi connectivity index (χ0v) is 15.6. The van der Waals surface area contributed by atoms with E-state index < -0.39 is 0 Å². The molecule has 0 saturated carbocycles. The van der Waals surface area contributed by atoms with E-state index in [1.165, 1.54) is 7.11 Å². The van der Waals surface area contributed by atoms with E-state index in [4.69, 9.17) is 9.72 Å². The zero-order chi connectivity index (χ0) is 18.1. The minimum Gasteiger partial charge on any atom is -0.465 e. The molecule has 0 N–H and O–H groups in total. The van der Waals surface area contributed by atoms with Crippen molar-refractivity contribution in [3.05, 3.63) is 83.1 Å². The van der Waals surface area contributed by atoms with Crippen molar-refractivity contribution < 1.29 is 9.53 Å². The summed E-state index contributed by atoms with van der Waals surface area (Å²) in [5.41, 5.74) is 5.33. The molecule has 2 aromatic heterocycles. The molecule has 0 saturated heterocycles. The molecule has 0 aliphatic rings. The first kappa shape index (κ1) is 16.5. The highest BCUT2D eigenvalue weighted by Gasteiger charge is 2.12. The summed E-state index contributed by atoms with van der Waals surface area (Å²) in [5.74, 6) is -0.344. The Balaban J connectivity index is 1.84. The number of imidazole rings is 1. The van der Waals surface area contributed by atoms with Gasteiger partial charge in [-0.2, -0.15) is 0 Å². The number of fused-ring (bicyclic) bond motifs is 1. The number of pyridine rings is 1. The third-order valence-corrected chi connectivity index (χ3v) is 4.64. The Kier molecular flexibility index (Phi) is 4.31. The van der Waals surface area contributed by atoms with Gasteiger partial charge in [0.1, 0.15) is 5.65 Å². The lowest BCUT2D eigenvalue weighted by Crippen LogP contribution is -2.00. The van der Waals surface area contributed by atoms with E-state index in [9.17, 15) is 4.79 Å². The highest BCUT2D eigenvalue weighted by Crippen LogP contribution is 2.30. The number of halogens is 1. The van der Waals surface area contributed by atoms with Gasteiger partial charge in [-0.05, 0) is 39.7 Å². The molecule has 4 rings (SSSR count). The van der Waals surface area contributed by atoms with Crippen LogP contribution in [-0.2, 0) is 4.74 Å². The molecule has 0 amide bonds. The molecule has 4 aromatic rings.